The van der Waals surface area contributed by atoms with Crippen LogP contribution in [0.25, 0.3) is 50.5 Å². The van der Waals surface area contributed by atoms with Crippen LogP contribution in [0.2, 0.25) is 0 Å². The average molecular weight is 566 g/mol. The number of para-hydroxylation sites is 3. The van der Waals surface area contributed by atoms with Gasteiger partial charge in [-0.3, -0.25) is 0 Å². The fraction of sp³-hybridized carbons (Fsp3) is 0. The van der Waals surface area contributed by atoms with E-state index in [1.807, 2.05) is 72.9 Å². The van der Waals surface area contributed by atoms with Gasteiger partial charge >= 0.3 is 0 Å². The van der Waals surface area contributed by atoms with Gasteiger partial charge in [-0.25, -0.2) is 15.0 Å². The lowest BCUT2D eigenvalue weighted by Gasteiger charge is -2.26. The smallest absolute Gasteiger partial charge is 0.137 e. The van der Waals surface area contributed by atoms with Crippen LogP contribution in [0.3, 0.4) is 0 Å². The van der Waals surface area contributed by atoms with Crippen molar-refractivity contribution in [1.82, 2.24) is 19.4 Å². The second kappa shape index (κ2) is 11.0. The molecule has 3 aromatic heterocycles. The Hall–Kier alpha value is -6.07. The van der Waals surface area contributed by atoms with Crippen molar-refractivity contribution in [2.75, 3.05) is 4.90 Å². The third-order valence-corrected chi connectivity index (χ3v) is 7.80. The summed E-state index contributed by atoms with van der Waals surface area (Å²) in [6, 6.07) is 52.0. The van der Waals surface area contributed by atoms with Gasteiger partial charge in [0.2, 0.25) is 0 Å². The minimum atomic E-state index is 0.863. The molecule has 5 heteroatoms. The quantitative estimate of drug-likeness (QED) is 0.201. The first-order valence-corrected chi connectivity index (χ1v) is 14.6. The Morgan fingerprint density at radius 2 is 1.00 bits per heavy atom. The Balaban J connectivity index is 1.22. The van der Waals surface area contributed by atoms with Gasteiger partial charge in [-0.1, -0.05) is 91.0 Å². The number of benzene rings is 5. The van der Waals surface area contributed by atoms with Gasteiger partial charge < -0.3 is 9.30 Å². The molecule has 3 heterocycles. The lowest BCUT2D eigenvalue weighted by molar-refractivity contribution is 1.19. The molecule has 0 bridgehead atoms. The van der Waals surface area contributed by atoms with Gasteiger partial charge in [0.05, 0.1) is 28.1 Å². The highest BCUT2D eigenvalue weighted by Gasteiger charge is 2.17. The zero-order valence-corrected chi connectivity index (χ0v) is 23.8. The summed E-state index contributed by atoms with van der Waals surface area (Å²) in [6.07, 6.45) is 4.10. The summed E-state index contributed by atoms with van der Waals surface area (Å²) in [7, 11) is 0. The molecule has 5 nitrogen and oxygen atoms in total. The van der Waals surface area contributed by atoms with Crippen molar-refractivity contribution in [2.45, 2.75) is 0 Å². The number of nitrogens with zero attached hydrogens (tertiary/aromatic N) is 5. The molecule has 0 saturated heterocycles. The Morgan fingerprint density at radius 3 is 1.70 bits per heavy atom. The molecule has 0 aliphatic carbocycles. The second-order valence-corrected chi connectivity index (χ2v) is 10.6. The Labute approximate surface area is 255 Å². The molecule has 0 aliphatic rings. The van der Waals surface area contributed by atoms with Crippen LogP contribution < -0.4 is 4.90 Å². The van der Waals surface area contributed by atoms with E-state index in [9.17, 15) is 0 Å². The van der Waals surface area contributed by atoms with Crippen molar-refractivity contribution in [2.24, 2.45) is 0 Å². The molecular weight excluding hydrogens is 538 g/mol. The van der Waals surface area contributed by atoms with Gasteiger partial charge in [0.1, 0.15) is 5.65 Å². The Bertz CT molecular complexity index is 2190. The van der Waals surface area contributed by atoms with Crippen molar-refractivity contribution in [3.05, 3.63) is 164 Å². The highest BCUT2D eigenvalue weighted by Crippen LogP contribution is 2.38. The first-order chi connectivity index (χ1) is 21.8. The van der Waals surface area contributed by atoms with Gasteiger partial charge in [0, 0.05) is 46.1 Å². The first kappa shape index (κ1) is 25.6. The predicted molar refractivity (Wildman–Crippen MR) is 179 cm³/mol. The van der Waals surface area contributed by atoms with Crippen molar-refractivity contribution in [3.63, 3.8) is 0 Å². The zero-order valence-electron chi connectivity index (χ0n) is 23.8. The number of imidazole rings is 1. The largest absolute Gasteiger partial charge is 0.310 e. The van der Waals surface area contributed by atoms with E-state index < -0.39 is 0 Å². The summed E-state index contributed by atoms with van der Waals surface area (Å²) in [6.45, 7) is 0. The lowest BCUT2D eigenvalue weighted by atomic mass is 10.0. The monoisotopic (exact) mass is 565 g/mol. The van der Waals surface area contributed by atoms with Gasteiger partial charge in [0.15, 0.2) is 0 Å². The van der Waals surface area contributed by atoms with Crippen molar-refractivity contribution >= 4 is 33.7 Å². The Morgan fingerprint density at radius 1 is 0.432 bits per heavy atom. The molecule has 0 N–H and O–H groups in total. The summed E-state index contributed by atoms with van der Waals surface area (Å²) in [5.74, 6) is 0. The third kappa shape index (κ3) is 4.76. The second-order valence-electron chi connectivity index (χ2n) is 10.6. The van der Waals surface area contributed by atoms with E-state index in [1.54, 1.807) is 0 Å². The molecule has 0 radical (unpaired) electrons. The molecular formula is C39H27N5. The number of hydrogen-bond donors (Lipinski definition) is 0. The fourth-order valence-electron chi connectivity index (χ4n) is 5.67. The number of anilines is 3. The molecule has 0 amide bonds. The van der Waals surface area contributed by atoms with Crippen LogP contribution in [0, 0.1) is 0 Å². The van der Waals surface area contributed by atoms with Gasteiger partial charge in [-0.15, -0.1) is 0 Å². The summed E-state index contributed by atoms with van der Waals surface area (Å²) in [5, 5.41) is 0. The van der Waals surface area contributed by atoms with Gasteiger partial charge in [0.25, 0.3) is 0 Å². The summed E-state index contributed by atoms with van der Waals surface area (Å²) in [4.78, 5) is 17.3. The highest BCUT2D eigenvalue weighted by molar-refractivity contribution is 5.87. The molecule has 0 aliphatic heterocycles. The average Bonchev–Trinajstić information content (AvgIpc) is 3.54. The van der Waals surface area contributed by atoms with E-state index >= 15 is 0 Å². The summed E-state index contributed by atoms with van der Waals surface area (Å²) < 4.78 is 2.05. The maximum Gasteiger partial charge on any atom is 0.137 e. The van der Waals surface area contributed by atoms with Crippen LogP contribution in [0.1, 0.15) is 0 Å². The molecule has 0 spiro atoms. The van der Waals surface area contributed by atoms with E-state index in [0.29, 0.717) is 0 Å². The molecule has 0 unspecified atom stereocenters. The topological polar surface area (TPSA) is 46.3 Å². The van der Waals surface area contributed by atoms with E-state index in [-0.39, 0.29) is 0 Å². The van der Waals surface area contributed by atoms with Crippen molar-refractivity contribution in [3.8, 4) is 33.8 Å². The zero-order chi connectivity index (χ0) is 29.3. The number of pyridine rings is 1. The SMILES string of the molecule is c1ccc(-c2nc3ccccc3nc2-c2ccc(N(c3ccccc3)c3cccc(-c4cn5ccccc5n4)c3)cc2)cc1. The normalized spacial score (nSPS) is 11.2. The minimum absolute atomic E-state index is 0.863. The van der Waals surface area contributed by atoms with Crippen LogP contribution in [0.4, 0.5) is 17.1 Å². The highest BCUT2D eigenvalue weighted by atomic mass is 15.1. The maximum absolute atomic E-state index is 5.09. The standard InChI is InChI=1S/C39H27N5/c1-3-12-28(13-4-1)38-39(42-35-19-8-7-18-34(35)41-38)29-21-23-32(24-22-29)44(31-15-5-2-6-16-31)33-17-11-14-30(26-33)36-27-43-25-10-9-20-37(43)40-36/h1-27H. The first-order valence-electron chi connectivity index (χ1n) is 14.6. The number of fused-ring (bicyclic) bond motifs is 2. The lowest BCUT2D eigenvalue weighted by Crippen LogP contribution is -2.10. The van der Waals surface area contributed by atoms with E-state index in [4.69, 9.17) is 15.0 Å². The van der Waals surface area contributed by atoms with Crippen molar-refractivity contribution in [1.29, 1.82) is 0 Å². The van der Waals surface area contributed by atoms with Crippen LogP contribution in [0.5, 0.6) is 0 Å². The van der Waals surface area contributed by atoms with Crippen molar-refractivity contribution < 1.29 is 0 Å². The molecule has 5 aromatic carbocycles. The molecule has 44 heavy (non-hydrogen) atoms. The molecule has 0 saturated carbocycles. The van der Waals surface area contributed by atoms with E-state index in [0.717, 1.165) is 67.5 Å². The van der Waals surface area contributed by atoms with Crippen LogP contribution in [-0.2, 0) is 0 Å². The minimum Gasteiger partial charge on any atom is -0.310 e. The molecule has 0 atom stereocenters. The fourth-order valence-corrected chi connectivity index (χ4v) is 5.67. The molecule has 0 fully saturated rings. The summed E-state index contributed by atoms with van der Waals surface area (Å²) >= 11 is 0. The van der Waals surface area contributed by atoms with Gasteiger partial charge in [-0.05, 0) is 60.7 Å². The maximum atomic E-state index is 5.09. The number of rotatable bonds is 6. The van der Waals surface area contributed by atoms with E-state index in [1.165, 1.54) is 0 Å². The van der Waals surface area contributed by atoms with Crippen LogP contribution in [0.15, 0.2) is 164 Å². The van der Waals surface area contributed by atoms with E-state index in [2.05, 4.69) is 100 Å². The predicted octanol–water partition coefficient (Wildman–Crippen LogP) is 9.75. The third-order valence-electron chi connectivity index (χ3n) is 7.80. The van der Waals surface area contributed by atoms with Gasteiger partial charge in [-0.2, -0.15) is 0 Å². The molecule has 8 rings (SSSR count). The number of hydrogen-bond acceptors (Lipinski definition) is 4. The Kier molecular flexibility index (Phi) is 6.39. The van der Waals surface area contributed by atoms with Crippen LogP contribution in [-0.4, -0.2) is 19.4 Å². The van der Waals surface area contributed by atoms with Crippen LogP contribution >= 0.6 is 0 Å². The molecule has 208 valence electrons. The summed E-state index contributed by atoms with van der Waals surface area (Å²) in [5.41, 5.74) is 11.6. The molecule has 8 aromatic rings. The number of aromatic nitrogens is 4.